The minimum absolute atomic E-state index is 0.331. The molecule has 2 bridgehead atoms. The zero-order valence-corrected chi connectivity index (χ0v) is 11.5. The van der Waals surface area contributed by atoms with Crippen molar-refractivity contribution in [2.75, 3.05) is 0 Å². The van der Waals surface area contributed by atoms with Crippen LogP contribution in [0.5, 0.6) is 0 Å². The topological polar surface area (TPSA) is 40.5 Å². The first-order valence-corrected chi connectivity index (χ1v) is 6.84. The van der Waals surface area contributed by atoms with Gasteiger partial charge in [0.25, 0.3) is 0 Å². The van der Waals surface area contributed by atoms with E-state index in [1.54, 1.807) is 0 Å². The monoisotopic (exact) mass is 238 g/mol. The van der Waals surface area contributed by atoms with Crippen molar-refractivity contribution in [1.29, 1.82) is 0 Å². The van der Waals surface area contributed by atoms with E-state index in [-0.39, 0.29) is 5.41 Å². The predicted octanol–water partition coefficient (Wildman–Crippen LogP) is 2.89. The predicted molar refractivity (Wildman–Crippen MR) is 69.6 cm³/mol. The van der Waals surface area contributed by atoms with Crippen LogP contribution in [-0.4, -0.2) is 21.9 Å². The molecule has 2 fully saturated rings. The van der Waals surface area contributed by atoms with E-state index in [2.05, 4.69) is 13.0 Å². The molecule has 2 aliphatic rings. The second-order valence-corrected chi connectivity index (χ2v) is 6.67. The van der Waals surface area contributed by atoms with Gasteiger partial charge in [0.15, 0.2) is 0 Å². The van der Waals surface area contributed by atoms with Gasteiger partial charge in [-0.15, -0.1) is 0 Å². The molecule has 17 heavy (non-hydrogen) atoms. The van der Waals surface area contributed by atoms with Gasteiger partial charge in [-0.25, -0.2) is 0 Å². The van der Waals surface area contributed by atoms with Gasteiger partial charge in [-0.1, -0.05) is 18.6 Å². The maximum Gasteiger partial charge on any atom is 0.0728 e. The lowest BCUT2D eigenvalue weighted by molar-refractivity contribution is -0.154. The van der Waals surface area contributed by atoms with Crippen molar-refractivity contribution < 1.29 is 10.2 Å². The van der Waals surface area contributed by atoms with Crippen LogP contribution in [0.1, 0.15) is 53.4 Å². The van der Waals surface area contributed by atoms with Crippen LogP contribution >= 0.6 is 0 Å². The first-order chi connectivity index (χ1) is 7.80. The summed E-state index contributed by atoms with van der Waals surface area (Å²) >= 11 is 0. The molecule has 0 amide bonds. The molecule has 2 rings (SSSR count). The molecule has 0 aromatic carbocycles. The van der Waals surface area contributed by atoms with Crippen molar-refractivity contribution in [2.45, 2.75) is 65.1 Å². The Bertz CT molecular complexity index is 328. The summed E-state index contributed by atoms with van der Waals surface area (Å²) in [4.78, 5) is 0. The molecule has 2 aliphatic carbocycles. The van der Waals surface area contributed by atoms with E-state index in [9.17, 15) is 10.2 Å². The maximum atomic E-state index is 10.8. The number of fused-ring (bicyclic) bond motifs is 2. The summed E-state index contributed by atoms with van der Waals surface area (Å²) in [5.74, 6) is 0.877. The summed E-state index contributed by atoms with van der Waals surface area (Å²) in [6.45, 7) is 8.12. The summed E-state index contributed by atoms with van der Waals surface area (Å²) in [7, 11) is 0. The summed E-state index contributed by atoms with van der Waals surface area (Å²) in [6.07, 6.45) is 5.71. The standard InChI is InChI=1S/C15H26O2/c1-10(2)5-8-13(16)14(3)11-6-7-12(9-11)15(14,4)17/h5,11-13,16-17H,6-9H2,1-4H3/t11-,12-,13+,14+,15+/m0/s1. The smallest absolute Gasteiger partial charge is 0.0728 e. The average molecular weight is 238 g/mol. The minimum Gasteiger partial charge on any atom is -0.392 e. The fraction of sp³-hybridized carbons (Fsp3) is 0.867. The van der Waals surface area contributed by atoms with E-state index in [0.717, 1.165) is 12.8 Å². The van der Waals surface area contributed by atoms with E-state index in [4.69, 9.17) is 0 Å². The fourth-order valence-corrected chi connectivity index (χ4v) is 4.09. The molecular formula is C15H26O2. The Hall–Kier alpha value is -0.340. The Balaban J connectivity index is 2.20. The Morgan fingerprint density at radius 1 is 1.29 bits per heavy atom. The molecule has 2 saturated carbocycles. The normalized spacial score (nSPS) is 46.0. The quantitative estimate of drug-likeness (QED) is 0.742. The van der Waals surface area contributed by atoms with E-state index >= 15 is 0 Å². The van der Waals surface area contributed by atoms with Gasteiger partial charge in [0.2, 0.25) is 0 Å². The second-order valence-electron chi connectivity index (χ2n) is 6.67. The zero-order valence-electron chi connectivity index (χ0n) is 11.5. The van der Waals surface area contributed by atoms with Crippen molar-refractivity contribution in [2.24, 2.45) is 17.3 Å². The lowest BCUT2D eigenvalue weighted by Gasteiger charge is -2.49. The number of aliphatic hydroxyl groups is 2. The number of allylic oxidation sites excluding steroid dienone is 1. The van der Waals surface area contributed by atoms with Gasteiger partial charge in [-0.2, -0.15) is 0 Å². The third-order valence-corrected chi connectivity index (χ3v) is 5.61. The molecule has 0 aromatic rings. The van der Waals surface area contributed by atoms with Crippen molar-refractivity contribution in [3.05, 3.63) is 11.6 Å². The van der Waals surface area contributed by atoms with Crippen molar-refractivity contribution in [3.63, 3.8) is 0 Å². The first-order valence-electron chi connectivity index (χ1n) is 6.84. The molecule has 2 N–H and O–H groups in total. The van der Waals surface area contributed by atoms with Crippen LogP contribution in [0.3, 0.4) is 0 Å². The van der Waals surface area contributed by atoms with Crippen LogP contribution in [0.4, 0.5) is 0 Å². The summed E-state index contributed by atoms with van der Waals surface area (Å²) < 4.78 is 0. The van der Waals surface area contributed by atoms with Crippen LogP contribution in [0.25, 0.3) is 0 Å². The summed E-state index contributed by atoms with van der Waals surface area (Å²) in [5.41, 5.74) is 0.197. The molecule has 0 unspecified atom stereocenters. The van der Waals surface area contributed by atoms with Gasteiger partial charge in [0.05, 0.1) is 11.7 Å². The third-order valence-electron chi connectivity index (χ3n) is 5.61. The zero-order chi connectivity index (χ0) is 12.8. The van der Waals surface area contributed by atoms with Crippen LogP contribution in [0, 0.1) is 17.3 Å². The molecule has 0 radical (unpaired) electrons. The molecular weight excluding hydrogens is 212 g/mol. The van der Waals surface area contributed by atoms with Gasteiger partial charge in [0, 0.05) is 5.41 Å². The van der Waals surface area contributed by atoms with Crippen molar-refractivity contribution in [3.8, 4) is 0 Å². The van der Waals surface area contributed by atoms with Crippen LogP contribution in [0.15, 0.2) is 11.6 Å². The van der Waals surface area contributed by atoms with E-state index in [1.165, 1.54) is 12.0 Å². The summed E-state index contributed by atoms with van der Waals surface area (Å²) in [5, 5.41) is 21.3. The number of rotatable bonds is 3. The molecule has 0 saturated heterocycles. The van der Waals surface area contributed by atoms with Gasteiger partial charge < -0.3 is 10.2 Å². The first kappa shape index (κ1) is 13.1. The van der Waals surface area contributed by atoms with E-state index in [0.29, 0.717) is 18.3 Å². The third kappa shape index (κ3) is 1.77. The molecule has 2 nitrogen and oxygen atoms in total. The Morgan fingerprint density at radius 2 is 1.88 bits per heavy atom. The molecule has 0 spiro atoms. The van der Waals surface area contributed by atoms with E-state index < -0.39 is 11.7 Å². The maximum absolute atomic E-state index is 10.8. The van der Waals surface area contributed by atoms with Gasteiger partial charge in [-0.05, 0) is 58.3 Å². The van der Waals surface area contributed by atoms with Gasteiger partial charge >= 0.3 is 0 Å². The average Bonchev–Trinajstić information content (AvgIpc) is 2.78. The lowest BCUT2D eigenvalue weighted by atomic mass is 9.61. The molecule has 98 valence electrons. The van der Waals surface area contributed by atoms with Crippen molar-refractivity contribution in [1.82, 2.24) is 0 Å². The Labute approximate surface area is 105 Å². The van der Waals surface area contributed by atoms with Gasteiger partial charge in [-0.3, -0.25) is 0 Å². The number of hydrogen-bond acceptors (Lipinski definition) is 2. The number of hydrogen-bond donors (Lipinski definition) is 2. The highest BCUT2D eigenvalue weighted by Gasteiger charge is 2.64. The molecule has 0 aliphatic heterocycles. The SMILES string of the molecule is CC(C)=CC[C@@H](O)[C@@]1(C)[C@H]2CC[C@@H](C2)[C@@]1(C)O. The Kier molecular flexibility index (Phi) is 3.16. The van der Waals surface area contributed by atoms with Gasteiger partial charge in [0.1, 0.15) is 0 Å². The summed E-state index contributed by atoms with van der Waals surface area (Å²) in [6, 6.07) is 0. The minimum atomic E-state index is -0.704. The highest BCUT2D eigenvalue weighted by Crippen LogP contribution is 2.63. The molecule has 0 heterocycles. The fourth-order valence-electron chi connectivity index (χ4n) is 4.09. The number of aliphatic hydroxyl groups excluding tert-OH is 1. The largest absolute Gasteiger partial charge is 0.392 e. The highest BCUT2D eigenvalue weighted by atomic mass is 16.3. The van der Waals surface area contributed by atoms with Crippen LogP contribution in [-0.2, 0) is 0 Å². The highest BCUT2D eigenvalue weighted by molar-refractivity contribution is 5.15. The van der Waals surface area contributed by atoms with Crippen LogP contribution in [0.2, 0.25) is 0 Å². The second kappa shape index (κ2) is 4.10. The Morgan fingerprint density at radius 3 is 2.35 bits per heavy atom. The molecule has 0 aromatic heterocycles. The molecule has 2 heteroatoms. The lowest BCUT2D eigenvalue weighted by Crippen LogP contribution is -2.55. The van der Waals surface area contributed by atoms with Crippen molar-refractivity contribution >= 4 is 0 Å². The van der Waals surface area contributed by atoms with E-state index in [1.807, 2.05) is 20.8 Å². The van der Waals surface area contributed by atoms with Crippen LogP contribution < -0.4 is 0 Å². The molecule has 5 atom stereocenters.